The molecule has 6 heteroatoms. The molecule has 2 saturated heterocycles. The largest absolute Gasteiger partial charge is 0.443 e. The lowest BCUT2D eigenvalue weighted by Crippen LogP contribution is -2.51. The van der Waals surface area contributed by atoms with E-state index in [-0.39, 0.29) is 12.1 Å². The molecule has 0 aromatic rings. The van der Waals surface area contributed by atoms with Crippen molar-refractivity contribution in [1.82, 2.24) is 10.2 Å². The minimum absolute atomic E-state index is 0.198. The molecule has 0 unspecified atom stereocenters. The number of carbonyl (C=O) groups excluding carboxylic acids is 2. The second-order valence-electron chi connectivity index (χ2n) is 5.33. The van der Waals surface area contributed by atoms with E-state index in [4.69, 9.17) is 9.47 Å². The molecule has 0 aromatic carbocycles. The summed E-state index contributed by atoms with van der Waals surface area (Å²) in [6.07, 6.45) is -0.691. The molecule has 6 nitrogen and oxygen atoms in total. The Kier molecular flexibility index (Phi) is 2.99. The highest BCUT2D eigenvalue weighted by atomic mass is 16.6. The summed E-state index contributed by atoms with van der Waals surface area (Å²) in [5.74, 6) is 0. The number of ether oxygens (including phenoxy) is 2. The van der Waals surface area contributed by atoms with Gasteiger partial charge in [-0.3, -0.25) is 0 Å². The molecule has 0 aromatic heterocycles. The van der Waals surface area contributed by atoms with Crippen LogP contribution in [-0.2, 0) is 9.47 Å². The van der Waals surface area contributed by atoms with Gasteiger partial charge in [-0.1, -0.05) is 0 Å². The maximum Gasteiger partial charge on any atom is 0.420 e. The van der Waals surface area contributed by atoms with Crippen molar-refractivity contribution in [3.05, 3.63) is 0 Å². The van der Waals surface area contributed by atoms with Gasteiger partial charge in [0.15, 0.2) is 0 Å². The SMILES string of the molecule is CC(C)(C)OC(=O)N1C(=O)O[C@H]2CCNC[C@H]21. The second-order valence-corrected chi connectivity index (χ2v) is 5.33. The number of amides is 2. The number of imide groups is 1. The molecule has 96 valence electrons. The molecule has 0 aliphatic carbocycles. The van der Waals surface area contributed by atoms with Crippen LogP contribution in [0.4, 0.5) is 9.59 Å². The lowest BCUT2D eigenvalue weighted by Gasteiger charge is -2.29. The van der Waals surface area contributed by atoms with Gasteiger partial charge in [0.05, 0.1) is 6.04 Å². The van der Waals surface area contributed by atoms with Gasteiger partial charge in [0.1, 0.15) is 11.7 Å². The fourth-order valence-electron chi connectivity index (χ4n) is 2.06. The molecule has 0 saturated carbocycles. The van der Waals surface area contributed by atoms with Crippen LogP contribution in [-0.4, -0.2) is 47.9 Å². The summed E-state index contributed by atoms with van der Waals surface area (Å²) < 4.78 is 10.4. The number of nitrogens with one attached hydrogen (secondary N) is 1. The number of nitrogens with zero attached hydrogens (tertiary/aromatic N) is 1. The predicted molar refractivity (Wildman–Crippen MR) is 59.6 cm³/mol. The van der Waals surface area contributed by atoms with Gasteiger partial charge in [-0.15, -0.1) is 0 Å². The van der Waals surface area contributed by atoms with Gasteiger partial charge < -0.3 is 14.8 Å². The average molecular weight is 242 g/mol. The van der Waals surface area contributed by atoms with E-state index in [0.717, 1.165) is 17.9 Å². The minimum atomic E-state index is -0.626. The fraction of sp³-hybridized carbons (Fsp3) is 0.818. The van der Waals surface area contributed by atoms with E-state index < -0.39 is 17.8 Å². The first-order valence-corrected chi connectivity index (χ1v) is 5.82. The highest BCUT2D eigenvalue weighted by Crippen LogP contribution is 2.25. The van der Waals surface area contributed by atoms with Crippen molar-refractivity contribution in [1.29, 1.82) is 0 Å². The maximum absolute atomic E-state index is 11.9. The summed E-state index contributed by atoms with van der Waals surface area (Å²) in [6, 6.07) is -0.244. The van der Waals surface area contributed by atoms with E-state index in [0.29, 0.717) is 6.54 Å². The van der Waals surface area contributed by atoms with Gasteiger partial charge in [-0.2, -0.15) is 0 Å². The van der Waals surface area contributed by atoms with Gasteiger partial charge in [0.25, 0.3) is 0 Å². The third-order valence-electron chi connectivity index (χ3n) is 2.76. The quantitative estimate of drug-likeness (QED) is 0.689. The zero-order chi connectivity index (χ0) is 12.6. The van der Waals surface area contributed by atoms with Crippen molar-refractivity contribution < 1.29 is 19.1 Å². The van der Waals surface area contributed by atoms with Crippen molar-refractivity contribution in [3.63, 3.8) is 0 Å². The molecule has 0 radical (unpaired) electrons. The highest BCUT2D eigenvalue weighted by molar-refractivity contribution is 5.90. The molecule has 2 amide bonds. The van der Waals surface area contributed by atoms with Crippen LogP contribution >= 0.6 is 0 Å². The second kappa shape index (κ2) is 4.18. The lowest BCUT2D eigenvalue weighted by molar-refractivity contribution is 0.0279. The van der Waals surface area contributed by atoms with Gasteiger partial charge >= 0.3 is 12.2 Å². The summed E-state index contributed by atoms with van der Waals surface area (Å²) in [5, 5.41) is 3.14. The van der Waals surface area contributed by atoms with E-state index in [1.54, 1.807) is 20.8 Å². The zero-order valence-corrected chi connectivity index (χ0v) is 10.4. The molecule has 2 atom stereocenters. The molecule has 2 fully saturated rings. The standard InChI is InChI=1S/C11H18N2O4/c1-11(2,3)17-10(15)13-7-6-12-5-4-8(7)16-9(13)14/h7-8,12H,4-6H2,1-3H3/t7-,8+/m1/s1. The van der Waals surface area contributed by atoms with E-state index in [1.807, 2.05) is 0 Å². The number of fused-ring (bicyclic) bond motifs is 1. The normalized spacial score (nSPS) is 28.6. The predicted octanol–water partition coefficient (Wildman–Crippen LogP) is 1.10. The molecular formula is C11H18N2O4. The molecule has 2 heterocycles. The average Bonchev–Trinajstić information content (AvgIpc) is 2.50. The first-order chi connectivity index (χ1) is 7.88. The van der Waals surface area contributed by atoms with Crippen LogP contribution in [0.25, 0.3) is 0 Å². The number of carbonyl (C=O) groups is 2. The lowest BCUT2D eigenvalue weighted by atomic mass is 10.0. The summed E-state index contributed by atoms with van der Waals surface area (Å²) in [6.45, 7) is 6.67. The van der Waals surface area contributed by atoms with Gasteiger partial charge in [0.2, 0.25) is 0 Å². The third-order valence-corrected chi connectivity index (χ3v) is 2.76. The Morgan fingerprint density at radius 1 is 1.53 bits per heavy atom. The summed E-state index contributed by atoms with van der Waals surface area (Å²) >= 11 is 0. The fourth-order valence-corrected chi connectivity index (χ4v) is 2.06. The van der Waals surface area contributed by atoms with Gasteiger partial charge in [-0.05, 0) is 33.7 Å². The first kappa shape index (κ1) is 12.2. The third kappa shape index (κ3) is 2.52. The van der Waals surface area contributed by atoms with E-state index in [9.17, 15) is 9.59 Å². The Labute approximate surface area is 100 Å². The summed E-state index contributed by atoms with van der Waals surface area (Å²) in [4.78, 5) is 24.6. The van der Waals surface area contributed by atoms with E-state index in [1.165, 1.54) is 0 Å². The molecule has 17 heavy (non-hydrogen) atoms. The monoisotopic (exact) mass is 242 g/mol. The smallest absolute Gasteiger partial charge is 0.420 e. The van der Waals surface area contributed by atoms with Crippen molar-refractivity contribution in [2.24, 2.45) is 0 Å². The minimum Gasteiger partial charge on any atom is -0.443 e. The summed E-state index contributed by atoms with van der Waals surface area (Å²) in [5.41, 5.74) is -0.614. The Morgan fingerprint density at radius 3 is 2.88 bits per heavy atom. The Balaban J connectivity index is 2.09. The van der Waals surface area contributed by atoms with Crippen LogP contribution in [0.5, 0.6) is 0 Å². The first-order valence-electron chi connectivity index (χ1n) is 5.82. The zero-order valence-electron chi connectivity index (χ0n) is 10.4. The van der Waals surface area contributed by atoms with Crippen molar-refractivity contribution in [2.75, 3.05) is 13.1 Å². The molecule has 1 N–H and O–H groups in total. The number of rotatable bonds is 0. The molecule has 2 aliphatic heterocycles. The van der Waals surface area contributed by atoms with Crippen molar-refractivity contribution in [3.8, 4) is 0 Å². The molecular weight excluding hydrogens is 224 g/mol. The van der Waals surface area contributed by atoms with E-state index >= 15 is 0 Å². The molecule has 2 aliphatic rings. The topological polar surface area (TPSA) is 67.9 Å². The van der Waals surface area contributed by atoms with Crippen LogP contribution in [0.3, 0.4) is 0 Å². The number of hydrogen-bond acceptors (Lipinski definition) is 5. The Bertz CT molecular complexity index is 337. The van der Waals surface area contributed by atoms with Crippen molar-refractivity contribution in [2.45, 2.75) is 44.9 Å². The molecule has 0 bridgehead atoms. The highest BCUT2D eigenvalue weighted by Gasteiger charge is 2.47. The number of hydrogen-bond donors (Lipinski definition) is 1. The van der Waals surface area contributed by atoms with Crippen LogP contribution in [0.1, 0.15) is 27.2 Å². The number of piperidine rings is 1. The van der Waals surface area contributed by atoms with Gasteiger partial charge in [-0.25, -0.2) is 14.5 Å². The van der Waals surface area contributed by atoms with Crippen LogP contribution in [0.2, 0.25) is 0 Å². The van der Waals surface area contributed by atoms with Gasteiger partial charge in [0, 0.05) is 6.54 Å². The Hall–Kier alpha value is -1.30. The van der Waals surface area contributed by atoms with Crippen LogP contribution in [0, 0.1) is 0 Å². The van der Waals surface area contributed by atoms with Crippen molar-refractivity contribution >= 4 is 12.2 Å². The molecule has 2 rings (SSSR count). The van der Waals surface area contributed by atoms with Crippen LogP contribution in [0.15, 0.2) is 0 Å². The molecule has 0 spiro atoms. The summed E-state index contributed by atoms with van der Waals surface area (Å²) in [7, 11) is 0. The Morgan fingerprint density at radius 2 is 2.24 bits per heavy atom. The maximum atomic E-state index is 11.9. The van der Waals surface area contributed by atoms with E-state index in [2.05, 4.69) is 5.32 Å². The van der Waals surface area contributed by atoms with Crippen LogP contribution < -0.4 is 5.32 Å².